The van der Waals surface area contributed by atoms with Crippen molar-refractivity contribution in [2.75, 3.05) is 18.4 Å². The van der Waals surface area contributed by atoms with Crippen LogP contribution in [0.25, 0.3) is 11.8 Å². The number of aryl methyl sites for hydroxylation is 2. The Morgan fingerprint density at radius 3 is 2.41 bits per heavy atom. The van der Waals surface area contributed by atoms with Gasteiger partial charge in [0, 0.05) is 36.1 Å². The summed E-state index contributed by atoms with van der Waals surface area (Å²) in [6.45, 7) is 6.79. The molecule has 34 heavy (non-hydrogen) atoms. The first-order valence-electron chi connectivity index (χ1n) is 11.5. The van der Waals surface area contributed by atoms with Gasteiger partial charge in [0.25, 0.3) is 0 Å². The zero-order chi connectivity index (χ0) is 24.3. The van der Waals surface area contributed by atoms with E-state index >= 15 is 0 Å². The SMILES string of the molecule is Cc1ccc(S(=O)(=O)N2CCCCC2)cc1NC(=O)/C=C/c1c(C)nn(-c2ccccc2)c1C. The number of nitrogens with one attached hydrogen (secondary N) is 1. The molecule has 1 saturated heterocycles. The monoisotopic (exact) mass is 478 g/mol. The van der Waals surface area contributed by atoms with Crippen molar-refractivity contribution < 1.29 is 13.2 Å². The summed E-state index contributed by atoms with van der Waals surface area (Å²) >= 11 is 0. The second-order valence-corrected chi connectivity index (χ2v) is 10.5. The minimum absolute atomic E-state index is 0.204. The van der Waals surface area contributed by atoms with Crippen LogP contribution in [0.4, 0.5) is 5.69 Å². The average Bonchev–Trinajstić information content (AvgIpc) is 3.13. The molecule has 0 bridgehead atoms. The first-order valence-corrected chi connectivity index (χ1v) is 12.9. The Morgan fingerprint density at radius 1 is 1.00 bits per heavy atom. The van der Waals surface area contributed by atoms with Gasteiger partial charge in [-0.3, -0.25) is 4.79 Å². The largest absolute Gasteiger partial charge is 0.322 e. The molecule has 2 heterocycles. The number of sulfonamides is 1. The first-order chi connectivity index (χ1) is 16.3. The van der Waals surface area contributed by atoms with Gasteiger partial charge in [0.15, 0.2) is 0 Å². The van der Waals surface area contributed by atoms with Crippen LogP contribution in [0.1, 0.15) is 41.8 Å². The third-order valence-corrected chi connectivity index (χ3v) is 8.06. The summed E-state index contributed by atoms with van der Waals surface area (Å²) in [7, 11) is -3.57. The van der Waals surface area contributed by atoms with Crippen LogP contribution < -0.4 is 5.32 Å². The van der Waals surface area contributed by atoms with E-state index in [0.29, 0.717) is 18.8 Å². The highest BCUT2D eigenvalue weighted by atomic mass is 32.2. The second kappa shape index (κ2) is 9.95. The van der Waals surface area contributed by atoms with Crippen LogP contribution in [0, 0.1) is 20.8 Å². The normalized spacial score (nSPS) is 15.0. The molecule has 7 nitrogen and oxygen atoms in total. The number of carbonyl (C=O) groups excluding carboxylic acids is 1. The Balaban J connectivity index is 1.53. The van der Waals surface area contributed by atoms with Gasteiger partial charge >= 0.3 is 0 Å². The highest BCUT2D eigenvalue weighted by molar-refractivity contribution is 7.89. The maximum Gasteiger partial charge on any atom is 0.248 e. The van der Waals surface area contributed by atoms with E-state index in [2.05, 4.69) is 10.4 Å². The number of piperidine rings is 1. The van der Waals surface area contributed by atoms with E-state index in [9.17, 15) is 13.2 Å². The number of benzene rings is 2. The summed E-state index contributed by atoms with van der Waals surface area (Å²) in [4.78, 5) is 12.9. The number of rotatable bonds is 6. The lowest BCUT2D eigenvalue weighted by Crippen LogP contribution is -2.35. The molecule has 1 amide bonds. The Labute approximate surface area is 201 Å². The summed E-state index contributed by atoms with van der Waals surface area (Å²) in [5, 5.41) is 7.44. The topological polar surface area (TPSA) is 84.3 Å². The number of para-hydroxylation sites is 1. The molecule has 0 atom stereocenters. The van der Waals surface area contributed by atoms with Gasteiger partial charge < -0.3 is 5.32 Å². The third-order valence-electron chi connectivity index (χ3n) is 6.17. The van der Waals surface area contributed by atoms with Crippen LogP contribution in [0.2, 0.25) is 0 Å². The molecule has 1 aromatic heterocycles. The Kier molecular flexibility index (Phi) is 7.00. The molecule has 4 rings (SSSR count). The summed E-state index contributed by atoms with van der Waals surface area (Å²) in [5.74, 6) is -0.332. The average molecular weight is 479 g/mol. The minimum atomic E-state index is -3.57. The van der Waals surface area contributed by atoms with Crippen molar-refractivity contribution in [2.45, 2.75) is 44.9 Å². The maximum absolute atomic E-state index is 13.0. The van der Waals surface area contributed by atoms with E-state index < -0.39 is 10.0 Å². The van der Waals surface area contributed by atoms with E-state index in [0.717, 1.165) is 47.5 Å². The van der Waals surface area contributed by atoms with Crippen LogP contribution in [0.3, 0.4) is 0 Å². The van der Waals surface area contributed by atoms with Gasteiger partial charge in [-0.1, -0.05) is 30.7 Å². The fourth-order valence-electron chi connectivity index (χ4n) is 4.20. The molecule has 8 heteroatoms. The lowest BCUT2D eigenvalue weighted by molar-refractivity contribution is -0.111. The van der Waals surface area contributed by atoms with E-state index in [4.69, 9.17) is 0 Å². The van der Waals surface area contributed by atoms with Gasteiger partial charge in [-0.05, 0) is 69.5 Å². The lowest BCUT2D eigenvalue weighted by Gasteiger charge is -2.26. The lowest BCUT2D eigenvalue weighted by atomic mass is 10.1. The van der Waals surface area contributed by atoms with Crippen LogP contribution in [-0.2, 0) is 14.8 Å². The van der Waals surface area contributed by atoms with Crippen molar-refractivity contribution in [1.29, 1.82) is 0 Å². The zero-order valence-corrected chi connectivity index (χ0v) is 20.6. The fourth-order valence-corrected chi connectivity index (χ4v) is 5.74. The molecule has 1 aliphatic rings. The predicted molar refractivity (Wildman–Crippen MR) is 134 cm³/mol. The molecular formula is C26H30N4O3S. The number of hydrogen-bond donors (Lipinski definition) is 1. The van der Waals surface area contributed by atoms with Gasteiger partial charge in [0.1, 0.15) is 0 Å². The quantitative estimate of drug-likeness (QED) is 0.524. The van der Waals surface area contributed by atoms with Gasteiger partial charge in [0.05, 0.1) is 16.3 Å². The first kappa shape index (κ1) is 23.9. The molecule has 0 spiro atoms. The molecule has 0 unspecified atom stereocenters. The Hall–Kier alpha value is -3.23. The summed E-state index contributed by atoms with van der Waals surface area (Å²) in [5.41, 5.74) is 4.85. The predicted octanol–water partition coefficient (Wildman–Crippen LogP) is 4.62. The van der Waals surface area contributed by atoms with Crippen LogP contribution in [0.5, 0.6) is 0 Å². The molecule has 0 radical (unpaired) electrons. The van der Waals surface area contributed by atoms with Crippen molar-refractivity contribution in [3.8, 4) is 5.69 Å². The molecule has 1 aliphatic heterocycles. The maximum atomic E-state index is 13.0. The molecule has 178 valence electrons. The Morgan fingerprint density at radius 2 is 1.71 bits per heavy atom. The Bertz CT molecular complexity index is 1320. The van der Waals surface area contributed by atoms with Crippen molar-refractivity contribution in [3.63, 3.8) is 0 Å². The number of nitrogens with zero attached hydrogens (tertiary/aromatic N) is 3. The number of anilines is 1. The number of carbonyl (C=O) groups is 1. The molecule has 2 aromatic carbocycles. The summed E-state index contributed by atoms with van der Waals surface area (Å²) in [6, 6.07) is 14.7. The van der Waals surface area contributed by atoms with Gasteiger partial charge in [-0.2, -0.15) is 9.40 Å². The van der Waals surface area contributed by atoms with Crippen molar-refractivity contribution in [1.82, 2.24) is 14.1 Å². The van der Waals surface area contributed by atoms with Gasteiger partial charge in [-0.25, -0.2) is 13.1 Å². The van der Waals surface area contributed by atoms with Crippen molar-refractivity contribution in [2.24, 2.45) is 0 Å². The summed E-state index contributed by atoms with van der Waals surface area (Å²) < 4.78 is 29.4. The third kappa shape index (κ3) is 4.98. The smallest absolute Gasteiger partial charge is 0.248 e. The van der Waals surface area contributed by atoms with Crippen LogP contribution in [-0.4, -0.2) is 41.5 Å². The molecule has 1 fully saturated rings. The summed E-state index contributed by atoms with van der Waals surface area (Å²) in [6.07, 6.45) is 6.00. The second-order valence-electron chi connectivity index (χ2n) is 8.60. The minimum Gasteiger partial charge on any atom is -0.322 e. The van der Waals surface area contributed by atoms with E-state index in [1.165, 1.54) is 10.4 Å². The molecule has 3 aromatic rings. The van der Waals surface area contributed by atoms with Gasteiger partial charge in [0.2, 0.25) is 15.9 Å². The van der Waals surface area contributed by atoms with Crippen LogP contribution in [0.15, 0.2) is 59.5 Å². The highest BCUT2D eigenvalue weighted by Gasteiger charge is 2.26. The zero-order valence-electron chi connectivity index (χ0n) is 19.8. The number of aromatic nitrogens is 2. The van der Waals surface area contributed by atoms with Crippen LogP contribution >= 0.6 is 0 Å². The van der Waals surface area contributed by atoms with E-state index in [1.807, 2.05) is 55.8 Å². The fraction of sp³-hybridized carbons (Fsp3) is 0.308. The van der Waals surface area contributed by atoms with E-state index in [1.54, 1.807) is 24.3 Å². The number of hydrogen-bond acceptors (Lipinski definition) is 4. The number of amides is 1. The van der Waals surface area contributed by atoms with E-state index in [-0.39, 0.29) is 10.8 Å². The standard InChI is InChI=1S/C26H30N4O3S/c1-19-12-13-23(34(32,33)29-16-8-5-9-17-29)18-25(19)27-26(31)15-14-24-20(2)28-30(21(24)3)22-10-6-4-7-11-22/h4,6-7,10-15,18H,5,8-9,16-17H2,1-3H3,(H,27,31)/b15-14+. The molecule has 0 aliphatic carbocycles. The molecular weight excluding hydrogens is 448 g/mol. The van der Waals surface area contributed by atoms with Gasteiger partial charge in [-0.15, -0.1) is 0 Å². The highest BCUT2D eigenvalue weighted by Crippen LogP contribution is 2.25. The van der Waals surface area contributed by atoms with Crippen molar-refractivity contribution >= 4 is 27.7 Å². The molecule has 1 N–H and O–H groups in total. The molecule has 0 saturated carbocycles. The van der Waals surface area contributed by atoms with Crippen molar-refractivity contribution in [3.05, 3.63) is 77.1 Å².